The van der Waals surface area contributed by atoms with Gasteiger partial charge in [0.15, 0.2) is 0 Å². The number of hydrogen-bond donors (Lipinski definition) is 1. The van der Waals surface area contributed by atoms with E-state index in [1.807, 2.05) is 6.07 Å². The summed E-state index contributed by atoms with van der Waals surface area (Å²) in [6, 6.07) is 11.8. The third kappa shape index (κ3) is 3.23. The minimum absolute atomic E-state index is 0.105. The van der Waals surface area contributed by atoms with Crippen LogP contribution in [0.1, 0.15) is 18.4 Å². The van der Waals surface area contributed by atoms with Crippen molar-refractivity contribution in [3.8, 4) is 0 Å². The Kier molecular flexibility index (Phi) is 4.49. The number of pyridine rings is 1. The zero-order valence-electron chi connectivity index (χ0n) is 14.6. The lowest BCUT2D eigenvalue weighted by atomic mass is 9.74. The second-order valence-electron chi connectivity index (χ2n) is 6.73. The smallest absolute Gasteiger partial charge is 0.372 e. The Labute approximate surface area is 154 Å². The van der Waals surface area contributed by atoms with Crippen molar-refractivity contribution >= 4 is 17.3 Å². The number of nitrogens with one attached hydrogen (secondary N) is 1. The summed E-state index contributed by atoms with van der Waals surface area (Å²) in [5.74, 6) is -0.183. The first-order chi connectivity index (χ1) is 13.1. The first-order valence-corrected chi connectivity index (χ1v) is 8.78. The van der Waals surface area contributed by atoms with Gasteiger partial charge < -0.3 is 20.2 Å². The predicted molar refractivity (Wildman–Crippen MR) is 98.5 cm³/mol. The fourth-order valence-electron chi connectivity index (χ4n) is 3.68. The van der Waals surface area contributed by atoms with Gasteiger partial charge in [-0.15, -0.1) is 0 Å². The molecule has 0 radical (unpaired) electrons. The Bertz CT molecular complexity index is 982. The van der Waals surface area contributed by atoms with Gasteiger partial charge in [-0.25, -0.2) is 4.39 Å². The lowest BCUT2D eigenvalue weighted by molar-refractivity contribution is -0.389. The fraction of sp³-hybridized carbons (Fsp3) is 0.316. The Balaban J connectivity index is 1.68. The molecule has 1 aliphatic heterocycles. The maximum Gasteiger partial charge on any atom is 0.372 e. The highest BCUT2D eigenvalue weighted by Gasteiger charge is 2.36. The van der Waals surface area contributed by atoms with Crippen molar-refractivity contribution in [3.63, 3.8) is 0 Å². The van der Waals surface area contributed by atoms with Crippen LogP contribution in [0.2, 0.25) is 0 Å². The van der Waals surface area contributed by atoms with Crippen LogP contribution in [0.5, 0.6) is 0 Å². The molecule has 0 amide bonds. The number of nitro groups is 1. The normalized spacial score (nSPS) is 16.3. The van der Waals surface area contributed by atoms with Crippen LogP contribution in [0.25, 0.3) is 5.65 Å². The molecular weight excluding hydrogens is 351 g/mol. The van der Waals surface area contributed by atoms with E-state index in [-0.39, 0.29) is 22.9 Å². The number of ether oxygens (including phenoxy) is 1. The molecule has 3 aromatic rings. The lowest BCUT2D eigenvalue weighted by Crippen LogP contribution is -2.40. The molecule has 1 aliphatic rings. The zero-order chi connectivity index (χ0) is 18.9. The van der Waals surface area contributed by atoms with Crippen molar-refractivity contribution in [3.05, 3.63) is 70.2 Å². The maximum absolute atomic E-state index is 13.8. The highest BCUT2D eigenvalue weighted by atomic mass is 19.1. The quantitative estimate of drug-likeness (QED) is 0.549. The van der Waals surface area contributed by atoms with Crippen LogP contribution in [0.15, 0.2) is 48.7 Å². The van der Waals surface area contributed by atoms with Crippen LogP contribution >= 0.6 is 0 Å². The number of fused-ring (bicyclic) bond motifs is 1. The Morgan fingerprint density at radius 2 is 2.07 bits per heavy atom. The SMILES string of the molecule is O=[N+]([O-])c1c(NCC2(c3cccc(F)c3)CCOCC2)nc2ccccn12. The van der Waals surface area contributed by atoms with Crippen LogP contribution in [0.4, 0.5) is 16.0 Å². The molecule has 0 spiro atoms. The van der Waals surface area contributed by atoms with E-state index in [1.54, 1.807) is 30.5 Å². The summed E-state index contributed by atoms with van der Waals surface area (Å²) in [6.45, 7) is 1.53. The second kappa shape index (κ2) is 6.96. The van der Waals surface area contributed by atoms with Crippen molar-refractivity contribution < 1.29 is 14.1 Å². The van der Waals surface area contributed by atoms with Gasteiger partial charge in [-0.2, -0.15) is 9.38 Å². The van der Waals surface area contributed by atoms with E-state index in [0.717, 1.165) is 5.56 Å². The molecule has 8 heteroatoms. The van der Waals surface area contributed by atoms with E-state index in [2.05, 4.69) is 10.3 Å². The van der Waals surface area contributed by atoms with Gasteiger partial charge in [-0.3, -0.25) is 0 Å². The first kappa shape index (κ1) is 17.4. The second-order valence-corrected chi connectivity index (χ2v) is 6.73. The number of nitrogens with zero attached hydrogens (tertiary/aromatic N) is 3. The van der Waals surface area contributed by atoms with Gasteiger partial charge in [-0.05, 0) is 41.5 Å². The number of aromatic nitrogens is 2. The highest BCUT2D eigenvalue weighted by Crippen LogP contribution is 2.36. The van der Waals surface area contributed by atoms with E-state index < -0.39 is 4.92 Å². The monoisotopic (exact) mass is 370 g/mol. The molecule has 1 N–H and O–H groups in total. The van der Waals surface area contributed by atoms with Crippen molar-refractivity contribution in [1.29, 1.82) is 0 Å². The van der Waals surface area contributed by atoms with Gasteiger partial charge in [0.05, 0.1) is 6.20 Å². The summed E-state index contributed by atoms with van der Waals surface area (Å²) in [5.41, 5.74) is 0.993. The molecule has 140 valence electrons. The number of rotatable bonds is 5. The molecule has 0 aliphatic carbocycles. The van der Waals surface area contributed by atoms with Crippen LogP contribution in [0, 0.1) is 15.9 Å². The topological polar surface area (TPSA) is 81.7 Å². The summed E-state index contributed by atoms with van der Waals surface area (Å²) in [5, 5.41) is 14.7. The van der Waals surface area contributed by atoms with Gasteiger partial charge in [0.25, 0.3) is 0 Å². The molecule has 1 fully saturated rings. The number of imidazole rings is 1. The molecule has 2 aromatic heterocycles. The van der Waals surface area contributed by atoms with Crippen molar-refractivity contribution in [2.45, 2.75) is 18.3 Å². The molecule has 0 bridgehead atoms. The third-order valence-electron chi connectivity index (χ3n) is 5.16. The van der Waals surface area contributed by atoms with Crippen molar-refractivity contribution in [2.24, 2.45) is 0 Å². The van der Waals surface area contributed by atoms with E-state index in [4.69, 9.17) is 4.74 Å². The average molecular weight is 370 g/mol. The molecule has 0 saturated carbocycles. The molecule has 1 saturated heterocycles. The zero-order valence-corrected chi connectivity index (χ0v) is 14.6. The first-order valence-electron chi connectivity index (χ1n) is 8.78. The van der Waals surface area contributed by atoms with Crippen molar-refractivity contribution in [2.75, 3.05) is 25.1 Å². The summed E-state index contributed by atoms with van der Waals surface area (Å²) < 4.78 is 20.7. The number of anilines is 1. The van der Waals surface area contributed by atoms with E-state index in [1.165, 1.54) is 16.5 Å². The number of benzene rings is 1. The van der Waals surface area contributed by atoms with Gasteiger partial charge in [0, 0.05) is 31.2 Å². The molecule has 27 heavy (non-hydrogen) atoms. The summed E-state index contributed by atoms with van der Waals surface area (Å²) in [4.78, 5) is 15.5. The molecule has 4 rings (SSSR count). The largest absolute Gasteiger partial charge is 0.381 e. The van der Waals surface area contributed by atoms with E-state index in [0.29, 0.717) is 38.2 Å². The highest BCUT2D eigenvalue weighted by molar-refractivity contribution is 5.62. The number of halogens is 1. The Hall–Kier alpha value is -3.00. The van der Waals surface area contributed by atoms with E-state index >= 15 is 0 Å². The minimum atomic E-state index is -0.443. The Morgan fingerprint density at radius 3 is 2.81 bits per heavy atom. The van der Waals surface area contributed by atoms with Crippen LogP contribution in [-0.4, -0.2) is 34.1 Å². The van der Waals surface area contributed by atoms with E-state index in [9.17, 15) is 14.5 Å². The molecule has 0 unspecified atom stereocenters. The van der Waals surface area contributed by atoms with Gasteiger partial charge >= 0.3 is 5.82 Å². The molecular formula is C19H19FN4O3. The molecule has 3 heterocycles. The summed E-state index contributed by atoms with van der Waals surface area (Å²) >= 11 is 0. The Morgan fingerprint density at radius 1 is 1.26 bits per heavy atom. The standard InChI is InChI=1S/C19H19FN4O3/c20-15-5-3-4-14(12-15)19(7-10-27-11-8-19)13-21-17-18(24(25)26)23-9-2-1-6-16(23)22-17/h1-6,9,12,21H,7-8,10-11,13H2. The van der Waals surface area contributed by atoms with Gasteiger partial charge in [0.1, 0.15) is 5.82 Å². The van der Waals surface area contributed by atoms with Crippen LogP contribution in [0.3, 0.4) is 0 Å². The maximum atomic E-state index is 13.8. The summed E-state index contributed by atoms with van der Waals surface area (Å²) in [6.07, 6.45) is 3.01. The molecule has 7 nitrogen and oxygen atoms in total. The van der Waals surface area contributed by atoms with Gasteiger partial charge in [0.2, 0.25) is 11.5 Å². The summed E-state index contributed by atoms with van der Waals surface area (Å²) in [7, 11) is 0. The average Bonchev–Trinajstić information content (AvgIpc) is 3.06. The minimum Gasteiger partial charge on any atom is -0.381 e. The third-order valence-corrected chi connectivity index (χ3v) is 5.16. The molecule has 0 atom stereocenters. The predicted octanol–water partition coefficient (Wildman–Crippen LogP) is 3.54. The molecule has 1 aromatic carbocycles. The van der Waals surface area contributed by atoms with Crippen molar-refractivity contribution in [1.82, 2.24) is 9.38 Å². The van der Waals surface area contributed by atoms with Crippen LogP contribution < -0.4 is 5.32 Å². The van der Waals surface area contributed by atoms with Gasteiger partial charge in [-0.1, -0.05) is 18.2 Å². The fourth-order valence-corrected chi connectivity index (χ4v) is 3.68. The lowest BCUT2D eigenvalue weighted by Gasteiger charge is -2.38. The number of hydrogen-bond acceptors (Lipinski definition) is 5. The van der Waals surface area contributed by atoms with Crippen LogP contribution in [-0.2, 0) is 10.2 Å².